The Morgan fingerprint density at radius 3 is 2.48 bits per heavy atom. The van der Waals surface area contributed by atoms with E-state index in [1.54, 1.807) is 18.2 Å². The standard InChI is InChI=1S/C17H23ClN2O4S/c1-25(22,23)20-11-8-16(17(21)19-9-4-2-3-5-10-19)24-15-7-6-13(18)12-14(15)20/h6-7,12,16H,2-5,8-11H2,1H3/t16-/m0/s1. The van der Waals surface area contributed by atoms with Gasteiger partial charge in [-0.3, -0.25) is 9.10 Å². The maximum atomic E-state index is 12.9. The molecule has 2 aliphatic heterocycles. The van der Waals surface area contributed by atoms with Crippen LogP contribution in [0.15, 0.2) is 18.2 Å². The third-order valence-corrected chi connectivity index (χ3v) is 6.06. The van der Waals surface area contributed by atoms with Gasteiger partial charge < -0.3 is 9.64 Å². The second kappa shape index (κ2) is 7.41. The molecule has 0 N–H and O–H groups in total. The molecule has 2 heterocycles. The molecule has 1 aromatic carbocycles. The van der Waals surface area contributed by atoms with E-state index < -0.39 is 16.1 Å². The Morgan fingerprint density at radius 1 is 1.16 bits per heavy atom. The fourth-order valence-electron chi connectivity index (χ4n) is 3.37. The Bertz CT molecular complexity index is 745. The second-order valence-corrected chi connectivity index (χ2v) is 8.93. The molecule has 1 fully saturated rings. The average Bonchev–Trinajstić information content (AvgIpc) is 2.92. The van der Waals surface area contributed by atoms with Gasteiger partial charge >= 0.3 is 0 Å². The zero-order chi connectivity index (χ0) is 18.0. The molecule has 1 aromatic rings. The van der Waals surface area contributed by atoms with Crippen LogP contribution in [-0.4, -0.2) is 51.2 Å². The third-order valence-electron chi connectivity index (χ3n) is 4.65. The van der Waals surface area contributed by atoms with E-state index in [1.807, 2.05) is 4.90 Å². The van der Waals surface area contributed by atoms with Crippen molar-refractivity contribution in [1.29, 1.82) is 0 Å². The highest BCUT2D eigenvalue weighted by Gasteiger charge is 2.33. The maximum absolute atomic E-state index is 12.9. The average molecular weight is 387 g/mol. The lowest BCUT2D eigenvalue weighted by molar-refractivity contribution is -0.138. The molecular formula is C17H23ClN2O4S. The van der Waals surface area contributed by atoms with Crippen molar-refractivity contribution >= 4 is 33.2 Å². The van der Waals surface area contributed by atoms with Gasteiger partial charge in [-0.2, -0.15) is 0 Å². The molecule has 138 valence electrons. The zero-order valence-electron chi connectivity index (χ0n) is 14.3. The summed E-state index contributed by atoms with van der Waals surface area (Å²) in [6, 6.07) is 4.83. The number of likely N-dealkylation sites (tertiary alicyclic amines) is 1. The quantitative estimate of drug-likeness (QED) is 0.783. The first-order valence-electron chi connectivity index (χ1n) is 8.59. The summed E-state index contributed by atoms with van der Waals surface area (Å²) in [7, 11) is -3.49. The van der Waals surface area contributed by atoms with Crippen LogP contribution in [0.1, 0.15) is 32.1 Å². The summed E-state index contributed by atoms with van der Waals surface area (Å²) < 4.78 is 31.5. The fourth-order valence-corrected chi connectivity index (χ4v) is 4.47. The largest absolute Gasteiger partial charge is 0.478 e. The number of ether oxygens (including phenoxy) is 1. The normalized spacial score (nSPS) is 21.8. The Kier molecular flexibility index (Phi) is 5.43. The summed E-state index contributed by atoms with van der Waals surface area (Å²) in [5.41, 5.74) is 0.390. The van der Waals surface area contributed by atoms with Gasteiger partial charge in [0.05, 0.1) is 11.9 Å². The second-order valence-electron chi connectivity index (χ2n) is 6.58. The van der Waals surface area contributed by atoms with Crippen molar-refractivity contribution in [2.75, 3.05) is 30.2 Å². The predicted octanol–water partition coefficient (Wildman–Crippen LogP) is 2.66. The predicted molar refractivity (Wildman–Crippen MR) is 97.7 cm³/mol. The number of amides is 1. The Balaban J connectivity index is 1.88. The maximum Gasteiger partial charge on any atom is 0.263 e. The number of nitrogens with zero attached hydrogens (tertiary/aromatic N) is 2. The SMILES string of the molecule is CS(=O)(=O)N1CC[C@@H](C(=O)N2CCCCCC2)Oc2ccc(Cl)cc21. The van der Waals surface area contributed by atoms with Crippen molar-refractivity contribution in [2.45, 2.75) is 38.2 Å². The first-order valence-corrected chi connectivity index (χ1v) is 10.8. The van der Waals surface area contributed by atoms with E-state index in [0.29, 0.717) is 22.9 Å². The molecule has 25 heavy (non-hydrogen) atoms. The van der Waals surface area contributed by atoms with Crippen molar-refractivity contribution in [1.82, 2.24) is 4.90 Å². The summed E-state index contributed by atoms with van der Waals surface area (Å²) in [4.78, 5) is 14.7. The highest BCUT2D eigenvalue weighted by molar-refractivity contribution is 7.92. The van der Waals surface area contributed by atoms with Crippen LogP contribution in [0, 0.1) is 0 Å². The summed E-state index contributed by atoms with van der Waals surface area (Å²) in [6.07, 6.45) is 5.06. The fraction of sp³-hybridized carbons (Fsp3) is 0.588. The molecule has 0 aliphatic carbocycles. The molecule has 0 saturated carbocycles. The Labute approximate surface area is 153 Å². The smallest absolute Gasteiger partial charge is 0.263 e. The van der Waals surface area contributed by atoms with Crippen molar-refractivity contribution in [3.63, 3.8) is 0 Å². The van der Waals surface area contributed by atoms with Crippen LogP contribution in [0.4, 0.5) is 5.69 Å². The lowest BCUT2D eigenvalue weighted by Gasteiger charge is -2.25. The summed E-state index contributed by atoms with van der Waals surface area (Å²) in [5.74, 6) is 0.318. The number of halogens is 1. The molecule has 0 radical (unpaired) electrons. The van der Waals surface area contributed by atoms with Crippen LogP contribution in [0.3, 0.4) is 0 Å². The van der Waals surface area contributed by atoms with Gasteiger partial charge in [0.15, 0.2) is 6.10 Å². The first kappa shape index (κ1) is 18.3. The van der Waals surface area contributed by atoms with E-state index in [4.69, 9.17) is 16.3 Å². The van der Waals surface area contributed by atoms with E-state index in [1.165, 1.54) is 4.31 Å². The molecule has 0 bridgehead atoms. The van der Waals surface area contributed by atoms with Gasteiger partial charge in [-0.15, -0.1) is 0 Å². The highest BCUT2D eigenvalue weighted by atomic mass is 35.5. The van der Waals surface area contributed by atoms with E-state index >= 15 is 0 Å². The van der Waals surface area contributed by atoms with Gasteiger partial charge in [-0.25, -0.2) is 8.42 Å². The molecule has 0 spiro atoms. The van der Waals surface area contributed by atoms with Crippen molar-refractivity contribution in [3.05, 3.63) is 23.2 Å². The van der Waals surface area contributed by atoms with Crippen molar-refractivity contribution < 1.29 is 17.9 Å². The van der Waals surface area contributed by atoms with Gasteiger partial charge in [-0.1, -0.05) is 24.4 Å². The number of carbonyl (C=O) groups excluding carboxylic acids is 1. The van der Waals surface area contributed by atoms with E-state index in [-0.39, 0.29) is 12.5 Å². The molecule has 1 atom stereocenters. The monoisotopic (exact) mass is 386 g/mol. The lowest BCUT2D eigenvalue weighted by Crippen LogP contribution is -2.43. The van der Waals surface area contributed by atoms with Crippen LogP contribution >= 0.6 is 11.6 Å². The minimum absolute atomic E-state index is 0.0573. The molecule has 3 rings (SSSR count). The lowest BCUT2D eigenvalue weighted by atomic mass is 10.2. The van der Waals surface area contributed by atoms with E-state index in [9.17, 15) is 13.2 Å². The van der Waals surface area contributed by atoms with Gasteiger partial charge in [0.2, 0.25) is 10.0 Å². The first-order chi connectivity index (χ1) is 11.9. The molecule has 0 aromatic heterocycles. The van der Waals surface area contributed by atoms with Crippen LogP contribution in [-0.2, 0) is 14.8 Å². The van der Waals surface area contributed by atoms with Gasteiger partial charge in [0.1, 0.15) is 5.75 Å². The summed E-state index contributed by atoms with van der Waals surface area (Å²) in [6.45, 7) is 1.67. The number of anilines is 1. The summed E-state index contributed by atoms with van der Waals surface area (Å²) >= 11 is 6.03. The molecule has 0 unspecified atom stereocenters. The zero-order valence-corrected chi connectivity index (χ0v) is 15.9. The van der Waals surface area contributed by atoms with E-state index in [2.05, 4.69) is 0 Å². The third kappa shape index (κ3) is 4.20. The number of fused-ring (bicyclic) bond motifs is 1. The molecule has 1 saturated heterocycles. The molecule has 1 amide bonds. The number of hydrogen-bond acceptors (Lipinski definition) is 4. The van der Waals surface area contributed by atoms with Gasteiger partial charge in [0.25, 0.3) is 5.91 Å². The number of rotatable bonds is 2. The number of sulfonamides is 1. The number of carbonyl (C=O) groups is 1. The highest BCUT2D eigenvalue weighted by Crippen LogP contribution is 2.36. The molecule has 2 aliphatic rings. The van der Waals surface area contributed by atoms with Crippen LogP contribution in [0.2, 0.25) is 5.02 Å². The van der Waals surface area contributed by atoms with Gasteiger partial charge in [0, 0.05) is 31.1 Å². The molecule has 8 heteroatoms. The molecular weight excluding hydrogens is 364 g/mol. The number of hydrogen-bond donors (Lipinski definition) is 0. The van der Waals surface area contributed by atoms with Crippen LogP contribution < -0.4 is 9.04 Å². The van der Waals surface area contributed by atoms with Crippen LogP contribution in [0.25, 0.3) is 0 Å². The van der Waals surface area contributed by atoms with Crippen molar-refractivity contribution in [2.24, 2.45) is 0 Å². The minimum atomic E-state index is -3.49. The number of benzene rings is 1. The topological polar surface area (TPSA) is 66.9 Å². The van der Waals surface area contributed by atoms with E-state index in [0.717, 1.165) is 45.0 Å². The summed E-state index contributed by atoms with van der Waals surface area (Å²) in [5, 5.41) is 0.424. The van der Waals surface area contributed by atoms with Crippen molar-refractivity contribution in [3.8, 4) is 5.75 Å². The Hall–Kier alpha value is -1.47. The Morgan fingerprint density at radius 2 is 1.84 bits per heavy atom. The van der Waals surface area contributed by atoms with Crippen LogP contribution in [0.5, 0.6) is 5.75 Å². The van der Waals surface area contributed by atoms with Gasteiger partial charge in [-0.05, 0) is 31.0 Å². The molecule has 6 nitrogen and oxygen atoms in total. The minimum Gasteiger partial charge on any atom is -0.478 e.